The molecule has 0 amide bonds. The Kier molecular flexibility index (Phi) is 16.6. The number of fused-ring (bicyclic) bond motifs is 2. The summed E-state index contributed by atoms with van der Waals surface area (Å²) in [5, 5.41) is 17.6. The normalized spacial score (nSPS) is 35.2. The lowest BCUT2D eigenvalue weighted by molar-refractivity contribution is -0.301. The Labute approximate surface area is 388 Å². The van der Waals surface area contributed by atoms with Gasteiger partial charge in [-0.1, -0.05) is 63.2 Å². The second kappa shape index (κ2) is 21.7. The quantitative estimate of drug-likeness (QED) is 0.0851. The Morgan fingerprint density at radius 2 is 1.79 bits per heavy atom. The molecule has 3 fully saturated rings. The zero-order valence-electron chi connectivity index (χ0n) is 40.1. The number of likely N-dealkylation sites (N-methyl/N-ethyl adjacent to an activating group) is 1. The Morgan fingerprint density at radius 3 is 2.48 bits per heavy atom. The molecule has 0 bridgehead atoms. The number of oxime groups is 1. The lowest BCUT2D eigenvalue weighted by Gasteiger charge is -2.48. The Morgan fingerprint density at radius 1 is 1.03 bits per heavy atom. The summed E-state index contributed by atoms with van der Waals surface area (Å²) in [5.74, 6) is -4.27. The molecular formula is C50H68N4O12. The maximum atomic E-state index is 14.6. The number of hydrogen-bond donors (Lipinski definition) is 1. The van der Waals surface area contributed by atoms with Crippen LogP contribution in [0.25, 0.3) is 17.0 Å². The summed E-state index contributed by atoms with van der Waals surface area (Å²) in [4.78, 5) is 58.3. The fraction of sp³-hybridized carbons (Fsp3) is 0.600. The molecule has 6 rings (SSSR count). The van der Waals surface area contributed by atoms with Gasteiger partial charge in [0.2, 0.25) is 0 Å². The van der Waals surface area contributed by atoms with Crippen molar-refractivity contribution in [1.29, 1.82) is 0 Å². The molecule has 360 valence electrons. The van der Waals surface area contributed by atoms with Gasteiger partial charge in [0.15, 0.2) is 18.0 Å². The van der Waals surface area contributed by atoms with Crippen LogP contribution in [-0.4, -0.2) is 132 Å². The molecule has 0 unspecified atom stereocenters. The van der Waals surface area contributed by atoms with Crippen molar-refractivity contribution in [3.8, 4) is 0 Å². The Hall–Kier alpha value is -5.00. The number of esters is 2. The van der Waals surface area contributed by atoms with Gasteiger partial charge in [0.05, 0.1) is 41.4 Å². The Bertz CT molecular complexity index is 2190. The molecule has 3 aromatic rings. The number of aliphatic hydroxyl groups excluding tert-OH is 1. The fourth-order valence-electron chi connectivity index (χ4n) is 9.96. The summed E-state index contributed by atoms with van der Waals surface area (Å²) in [7, 11) is 5.34. The SMILES string of the molecule is CC[C@H]1OC(=O)[C@H](C)[C@@H](OC(=O)Cc2cccnc2)[C@H](C)[C@@H](O[C@@H]2O[C@@H](C)C[C@@H](N(C)C)[C@@H]2O)[C@](C)(OC)C[C@@H](C)/C(=N\OC/C=C/c2cnc3ccccc3c2)[C@H](C)[C@H]2OC(=O)O[C@@]21C. The van der Waals surface area contributed by atoms with Gasteiger partial charge in [-0.05, 0) is 96.5 Å². The number of carbonyl (C=O) groups is 3. The van der Waals surface area contributed by atoms with Gasteiger partial charge >= 0.3 is 18.1 Å². The number of ether oxygens (including phenoxy) is 7. The predicted octanol–water partition coefficient (Wildman–Crippen LogP) is 6.95. The monoisotopic (exact) mass is 916 g/mol. The molecule has 14 atom stereocenters. The first-order valence-corrected chi connectivity index (χ1v) is 23.0. The van der Waals surface area contributed by atoms with Crippen LogP contribution in [0.1, 0.15) is 85.8 Å². The first-order valence-electron chi connectivity index (χ1n) is 23.0. The van der Waals surface area contributed by atoms with E-state index in [2.05, 4.69) is 9.97 Å². The molecule has 0 saturated carbocycles. The first kappa shape index (κ1) is 50.4. The average Bonchev–Trinajstić information content (AvgIpc) is 3.61. The molecule has 16 nitrogen and oxygen atoms in total. The molecule has 0 radical (unpaired) electrons. The zero-order chi connectivity index (χ0) is 47.9. The second-order valence-corrected chi connectivity index (χ2v) is 18.8. The minimum absolute atomic E-state index is 0.0968. The van der Waals surface area contributed by atoms with E-state index in [1.54, 1.807) is 51.7 Å². The van der Waals surface area contributed by atoms with Crippen molar-refractivity contribution in [3.63, 3.8) is 0 Å². The number of cyclic esters (lactones) is 1. The molecule has 16 heteroatoms. The summed E-state index contributed by atoms with van der Waals surface area (Å²) in [6, 6.07) is 13.1. The molecule has 3 saturated heterocycles. The van der Waals surface area contributed by atoms with Crippen LogP contribution in [0.5, 0.6) is 0 Å². The number of benzene rings is 1. The maximum absolute atomic E-state index is 14.6. The summed E-state index contributed by atoms with van der Waals surface area (Å²) in [5.41, 5.74) is 0.205. The third-order valence-electron chi connectivity index (χ3n) is 13.6. The van der Waals surface area contributed by atoms with E-state index in [-0.39, 0.29) is 38.0 Å². The van der Waals surface area contributed by atoms with Gasteiger partial charge in [-0.15, -0.1) is 0 Å². The van der Waals surface area contributed by atoms with Crippen LogP contribution in [0, 0.1) is 23.7 Å². The van der Waals surface area contributed by atoms with Crippen LogP contribution >= 0.6 is 0 Å². The third-order valence-corrected chi connectivity index (χ3v) is 13.6. The number of aromatic nitrogens is 2. The highest BCUT2D eigenvalue weighted by molar-refractivity contribution is 5.89. The van der Waals surface area contributed by atoms with E-state index in [1.807, 2.05) is 103 Å². The standard InChI is InChI=1S/C50H68N4O12/c1-12-39-50(8)45(65-48(58)66-50)31(4)41(53-60-22-16-18-34-24-36-19-13-14-20-37(36)52-28-34)29(2)26-49(7,59-11)44(64-47-42(56)38(54(9)10)23-30(3)61-47)32(5)43(33(6)46(57)62-39)63-40(55)25-35-17-15-21-51-27-35/h13-21,24,27-33,38-39,42-45,47,56H,12,22-23,25-26H2,1-11H3/b18-16+,53-41+/t29-,30+,31+,32+,33-,38-,39-,42+,43+,44-,45-,47+,49-,50-/m1/s1. The highest BCUT2D eigenvalue weighted by Crippen LogP contribution is 2.43. The number of hydrogen-bond acceptors (Lipinski definition) is 16. The molecule has 5 heterocycles. The number of methoxy groups -OCH3 is 1. The number of pyridine rings is 2. The topological polar surface area (TPSA) is 187 Å². The third kappa shape index (κ3) is 11.4. The summed E-state index contributed by atoms with van der Waals surface area (Å²) < 4.78 is 44.3. The number of carbonyl (C=O) groups excluding carboxylic acids is 3. The van der Waals surface area contributed by atoms with Crippen LogP contribution in [0.4, 0.5) is 4.79 Å². The molecule has 0 aliphatic carbocycles. The van der Waals surface area contributed by atoms with Gasteiger partial charge in [0.1, 0.15) is 24.9 Å². The van der Waals surface area contributed by atoms with Gasteiger partial charge in [0, 0.05) is 54.9 Å². The van der Waals surface area contributed by atoms with Gasteiger partial charge in [0.25, 0.3) is 0 Å². The highest BCUT2D eigenvalue weighted by Gasteiger charge is 2.59. The first-order chi connectivity index (χ1) is 31.4. The summed E-state index contributed by atoms with van der Waals surface area (Å²) in [6.45, 7) is 14.7. The molecule has 3 aliphatic heterocycles. The summed E-state index contributed by atoms with van der Waals surface area (Å²) >= 11 is 0. The molecule has 1 N–H and O–H groups in total. The van der Waals surface area contributed by atoms with Gasteiger partial charge in [-0.3, -0.25) is 19.6 Å². The van der Waals surface area contributed by atoms with Crippen molar-refractivity contribution in [2.45, 2.75) is 141 Å². The Balaban J connectivity index is 1.42. The van der Waals surface area contributed by atoms with Crippen LogP contribution in [0.3, 0.4) is 0 Å². The second-order valence-electron chi connectivity index (χ2n) is 18.8. The van der Waals surface area contributed by atoms with Gasteiger partial charge in [-0.2, -0.15) is 0 Å². The zero-order valence-corrected chi connectivity index (χ0v) is 40.1. The lowest BCUT2D eigenvalue weighted by Crippen LogP contribution is -2.60. The largest absolute Gasteiger partial charge is 0.509 e. The average molecular weight is 917 g/mol. The minimum Gasteiger partial charge on any atom is -0.461 e. The van der Waals surface area contributed by atoms with E-state index in [0.717, 1.165) is 16.5 Å². The molecular weight excluding hydrogens is 849 g/mol. The summed E-state index contributed by atoms with van der Waals surface area (Å²) in [6.07, 6.45) is 2.09. The van der Waals surface area contributed by atoms with Crippen LogP contribution in [-0.2, 0) is 54.0 Å². The highest BCUT2D eigenvalue weighted by atomic mass is 16.8. The van der Waals surface area contributed by atoms with Crippen molar-refractivity contribution in [2.24, 2.45) is 28.8 Å². The van der Waals surface area contributed by atoms with E-state index < -0.39 is 89.8 Å². The number of para-hydroxylation sites is 1. The molecule has 3 aliphatic rings. The number of aliphatic hydroxyl groups is 1. The number of nitrogens with zero attached hydrogens (tertiary/aromatic N) is 4. The van der Waals surface area contributed by atoms with Crippen molar-refractivity contribution >= 4 is 40.8 Å². The van der Waals surface area contributed by atoms with E-state index >= 15 is 0 Å². The molecule has 1 aromatic carbocycles. The molecule has 0 spiro atoms. The van der Waals surface area contributed by atoms with Crippen molar-refractivity contribution in [2.75, 3.05) is 27.8 Å². The van der Waals surface area contributed by atoms with E-state index in [0.29, 0.717) is 17.7 Å². The van der Waals surface area contributed by atoms with Crippen LogP contribution in [0.15, 0.2) is 72.3 Å². The van der Waals surface area contributed by atoms with Crippen molar-refractivity contribution < 1.29 is 57.5 Å². The van der Waals surface area contributed by atoms with Crippen LogP contribution in [0.2, 0.25) is 0 Å². The van der Waals surface area contributed by atoms with Gasteiger partial charge in [-0.25, -0.2) is 4.79 Å². The van der Waals surface area contributed by atoms with E-state index in [1.165, 1.54) is 0 Å². The maximum Gasteiger partial charge on any atom is 0.509 e. The smallest absolute Gasteiger partial charge is 0.461 e. The molecule has 2 aromatic heterocycles. The minimum atomic E-state index is -1.46. The van der Waals surface area contributed by atoms with Gasteiger partial charge < -0.3 is 48.0 Å². The van der Waals surface area contributed by atoms with Crippen LogP contribution < -0.4 is 0 Å². The van der Waals surface area contributed by atoms with Crippen molar-refractivity contribution in [1.82, 2.24) is 14.9 Å². The lowest BCUT2D eigenvalue weighted by atomic mass is 9.73. The number of rotatable bonds is 12. The fourth-order valence-corrected chi connectivity index (χ4v) is 9.96. The molecule has 66 heavy (non-hydrogen) atoms. The van der Waals surface area contributed by atoms with E-state index in [9.17, 15) is 19.5 Å². The predicted molar refractivity (Wildman–Crippen MR) is 246 cm³/mol. The van der Waals surface area contributed by atoms with E-state index in [4.69, 9.17) is 43.2 Å². The van der Waals surface area contributed by atoms with Crippen molar-refractivity contribution in [3.05, 3.63) is 78.3 Å².